The summed E-state index contributed by atoms with van der Waals surface area (Å²) in [5.41, 5.74) is 1.66. The molecule has 1 aliphatic heterocycles. The minimum absolute atomic E-state index is 0.183. The van der Waals surface area contributed by atoms with E-state index in [9.17, 15) is 4.79 Å². The van der Waals surface area contributed by atoms with E-state index < -0.39 is 0 Å². The van der Waals surface area contributed by atoms with Gasteiger partial charge in [0.25, 0.3) is 0 Å². The van der Waals surface area contributed by atoms with Crippen LogP contribution < -0.4 is 14.8 Å². The number of nitrogens with one attached hydrogen (secondary N) is 1. The van der Waals surface area contributed by atoms with Gasteiger partial charge in [0.2, 0.25) is 5.95 Å². The highest BCUT2D eigenvalue weighted by Crippen LogP contribution is 2.46. The van der Waals surface area contributed by atoms with Crippen LogP contribution in [0.4, 0.5) is 5.95 Å². The Morgan fingerprint density at radius 1 is 1.31 bits per heavy atom. The van der Waals surface area contributed by atoms with Gasteiger partial charge in [-0.2, -0.15) is 10.1 Å². The first kappa shape index (κ1) is 19.5. The molecule has 1 aromatic carbocycles. The van der Waals surface area contributed by atoms with Crippen LogP contribution in [0.25, 0.3) is 0 Å². The quantitative estimate of drug-likeness (QED) is 0.744. The molecule has 29 heavy (non-hydrogen) atoms. The fraction of sp³-hybridized carbons (Fsp3) is 0.500. The molecule has 0 spiro atoms. The first-order valence-corrected chi connectivity index (χ1v) is 10.2. The van der Waals surface area contributed by atoms with E-state index >= 15 is 0 Å². The van der Waals surface area contributed by atoms with Crippen molar-refractivity contribution in [2.75, 3.05) is 19.0 Å². The normalized spacial score (nSPS) is 22.2. The lowest BCUT2D eigenvalue weighted by Crippen LogP contribution is -2.42. The molecule has 0 bridgehead atoms. The van der Waals surface area contributed by atoms with Crippen LogP contribution in [0.5, 0.6) is 11.5 Å². The molecule has 0 saturated heterocycles. The van der Waals surface area contributed by atoms with Crippen LogP contribution in [0.3, 0.4) is 0 Å². The van der Waals surface area contributed by atoms with Gasteiger partial charge in [-0.3, -0.25) is 4.79 Å². The number of hydrogen-bond acceptors (Lipinski definition) is 6. The molecule has 2 heterocycles. The van der Waals surface area contributed by atoms with E-state index in [0.29, 0.717) is 30.5 Å². The van der Waals surface area contributed by atoms with E-state index in [-0.39, 0.29) is 23.2 Å². The molecule has 0 fully saturated rings. The molecule has 0 unspecified atom stereocenters. The van der Waals surface area contributed by atoms with E-state index in [2.05, 4.69) is 42.2 Å². The third-order valence-corrected chi connectivity index (χ3v) is 5.55. The Morgan fingerprint density at radius 3 is 2.90 bits per heavy atom. The predicted octanol–water partition coefficient (Wildman–Crippen LogP) is 3.98. The van der Waals surface area contributed by atoms with Crippen molar-refractivity contribution in [3.8, 4) is 11.5 Å². The summed E-state index contributed by atoms with van der Waals surface area (Å²) < 4.78 is 13.3. The van der Waals surface area contributed by atoms with Crippen molar-refractivity contribution in [3.05, 3.63) is 41.9 Å². The van der Waals surface area contributed by atoms with Crippen molar-refractivity contribution >= 4 is 11.7 Å². The average molecular weight is 396 g/mol. The molecule has 1 aliphatic carbocycles. The van der Waals surface area contributed by atoms with Crippen LogP contribution in [0.2, 0.25) is 0 Å². The molecular formula is C22H28N4O3. The number of methoxy groups -OCH3 is 1. The minimum atomic E-state index is -0.325. The third-order valence-electron chi connectivity index (χ3n) is 5.55. The maximum Gasteiger partial charge on any atom is 0.226 e. The summed E-state index contributed by atoms with van der Waals surface area (Å²) in [5, 5.41) is 7.72. The number of benzene rings is 1. The Labute approximate surface area is 171 Å². The SMILES string of the molecule is CCCCOc1ccc([C@H]2[C@@H]3C(=O)CC(C)(C)C=C3Nc3ncnn32)cc1OC. The van der Waals surface area contributed by atoms with E-state index in [1.54, 1.807) is 11.8 Å². The van der Waals surface area contributed by atoms with Gasteiger partial charge in [0, 0.05) is 12.1 Å². The van der Waals surface area contributed by atoms with Gasteiger partial charge in [-0.05, 0) is 29.5 Å². The third kappa shape index (κ3) is 3.61. The number of anilines is 1. The molecule has 7 nitrogen and oxygen atoms in total. The number of unbranched alkanes of at least 4 members (excludes halogenated alkanes) is 1. The molecule has 1 aromatic heterocycles. The summed E-state index contributed by atoms with van der Waals surface area (Å²) in [6.45, 7) is 6.94. The molecule has 2 aliphatic rings. The average Bonchev–Trinajstić information content (AvgIpc) is 3.14. The monoisotopic (exact) mass is 396 g/mol. The highest BCUT2D eigenvalue weighted by Gasteiger charge is 2.44. The highest BCUT2D eigenvalue weighted by atomic mass is 16.5. The van der Waals surface area contributed by atoms with Gasteiger partial charge < -0.3 is 14.8 Å². The number of allylic oxidation sites excluding steroid dienone is 2. The van der Waals surface area contributed by atoms with Crippen LogP contribution >= 0.6 is 0 Å². The fourth-order valence-electron chi connectivity index (χ4n) is 4.22. The summed E-state index contributed by atoms with van der Waals surface area (Å²) >= 11 is 0. The molecular weight excluding hydrogens is 368 g/mol. The predicted molar refractivity (Wildman–Crippen MR) is 110 cm³/mol. The Balaban J connectivity index is 1.76. The van der Waals surface area contributed by atoms with Gasteiger partial charge in [-0.15, -0.1) is 0 Å². The van der Waals surface area contributed by atoms with Crippen LogP contribution in [0.15, 0.2) is 36.3 Å². The molecule has 1 N–H and O–H groups in total. The fourth-order valence-corrected chi connectivity index (χ4v) is 4.22. The molecule has 2 atom stereocenters. The number of nitrogens with zero attached hydrogens (tertiary/aromatic N) is 3. The second-order valence-electron chi connectivity index (χ2n) is 8.42. The number of ether oxygens (including phenoxy) is 2. The Kier molecular flexibility index (Phi) is 5.06. The van der Waals surface area contributed by atoms with Gasteiger partial charge in [0.15, 0.2) is 11.5 Å². The summed E-state index contributed by atoms with van der Waals surface area (Å²) in [7, 11) is 1.63. The number of carbonyl (C=O) groups excluding carboxylic acids is 1. The first-order valence-electron chi connectivity index (χ1n) is 10.2. The van der Waals surface area contributed by atoms with Gasteiger partial charge in [0.05, 0.1) is 25.7 Å². The van der Waals surface area contributed by atoms with Gasteiger partial charge in [-0.25, -0.2) is 4.68 Å². The molecule has 154 valence electrons. The maximum absolute atomic E-state index is 13.2. The number of aromatic nitrogens is 3. The van der Waals surface area contributed by atoms with E-state index in [1.165, 1.54) is 6.33 Å². The number of Topliss-reactive ketones (excluding diaryl/α,β-unsaturated/α-hetero) is 1. The number of hydrogen-bond donors (Lipinski definition) is 1. The van der Waals surface area contributed by atoms with E-state index in [1.807, 2.05) is 18.2 Å². The molecule has 7 heteroatoms. The van der Waals surface area contributed by atoms with Crippen LogP contribution in [-0.2, 0) is 4.79 Å². The van der Waals surface area contributed by atoms with E-state index in [4.69, 9.17) is 9.47 Å². The topological polar surface area (TPSA) is 78.3 Å². The Hall–Kier alpha value is -2.83. The smallest absolute Gasteiger partial charge is 0.226 e. The zero-order valence-corrected chi connectivity index (χ0v) is 17.4. The molecule has 2 aromatic rings. The van der Waals surface area contributed by atoms with Crippen LogP contribution in [0, 0.1) is 11.3 Å². The lowest BCUT2D eigenvalue weighted by molar-refractivity contribution is -0.125. The Bertz CT molecular complexity index is 947. The minimum Gasteiger partial charge on any atom is -0.493 e. The Morgan fingerprint density at radius 2 is 2.14 bits per heavy atom. The number of ketones is 1. The molecule has 0 radical (unpaired) electrons. The number of carbonyl (C=O) groups is 1. The summed E-state index contributed by atoms with van der Waals surface area (Å²) in [6, 6.07) is 5.59. The summed E-state index contributed by atoms with van der Waals surface area (Å²) in [4.78, 5) is 17.5. The van der Waals surface area contributed by atoms with Crippen molar-refractivity contribution in [3.63, 3.8) is 0 Å². The zero-order valence-electron chi connectivity index (χ0n) is 17.4. The van der Waals surface area contributed by atoms with E-state index in [0.717, 1.165) is 24.1 Å². The number of fused-ring (bicyclic) bond motifs is 2. The zero-order chi connectivity index (χ0) is 20.6. The second kappa shape index (κ2) is 7.54. The summed E-state index contributed by atoms with van der Waals surface area (Å²) in [6.07, 6.45) is 6.23. The summed E-state index contributed by atoms with van der Waals surface area (Å²) in [5.74, 6) is 1.89. The number of rotatable bonds is 6. The maximum atomic E-state index is 13.2. The lowest BCUT2D eigenvalue weighted by Gasteiger charge is -2.40. The van der Waals surface area contributed by atoms with Gasteiger partial charge in [0.1, 0.15) is 12.1 Å². The first-order chi connectivity index (χ1) is 13.9. The van der Waals surface area contributed by atoms with Gasteiger partial charge in [-0.1, -0.05) is 39.3 Å². The van der Waals surface area contributed by atoms with Crippen molar-refractivity contribution in [1.82, 2.24) is 14.8 Å². The molecule has 4 rings (SSSR count). The van der Waals surface area contributed by atoms with Crippen molar-refractivity contribution in [1.29, 1.82) is 0 Å². The lowest BCUT2D eigenvalue weighted by atomic mass is 9.72. The molecule has 0 amide bonds. The largest absolute Gasteiger partial charge is 0.493 e. The van der Waals surface area contributed by atoms with Crippen LogP contribution in [-0.4, -0.2) is 34.3 Å². The van der Waals surface area contributed by atoms with Crippen molar-refractivity contribution in [2.24, 2.45) is 11.3 Å². The van der Waals surface area contributed by atoms with Crippen molar-refractivity contribution < 1.29 is 14.3 Å². The van der Waals surface area contributed by atoms with Crippen molar-refractivity contribution in [2.45, 2.75) is 46.1 Å². The molecule has 0 saturated carbocycles. The second-order valence-corrected chi connectivity index (χ2v) is 8.42. The van der Waals surface area contributed by atoms with Crippen LogP contribution in [0.1, 0.15) is 51.6 Å². The highest BCUT2D eigenvalue weighted by molar-refractivity contribution is 5.88. The van der Waals surface area contributed by atoms with Gasteiger partial charge >= 0.3 is 0 Å². The standard InChI is InChI=1S/C22H28N4O3/c1-5-6-9-29-17-8-7-14(10-18(17)28-4)20-19-15(11-22(2,3)12-16(19)27)25-21-23-13-24-26(20)21/h7-8,10-11,13,19-20H,5-6,9,12H2,1-4H3,(H,23,24,25)/t19-,20-/m0/s1.